The summed E-state index contributed by atoms with van der Waals surface area (Å²) in [5, 5.41) is 6.18. The lowest BCUT2D eigenvalue weighted by Crippen LogP contribution is -2.53. The van der Waals surface area contributed by atoms with Gasteiger partial charge in [-0.05, 0) is 63.6 Å². The van der Waals surface area contributed by atoms with Gasteiger partial charge in [-0.1, -0.05) is 31.5 Å². The summed E-state index contributed by atoms with van der Waals surface area (Å²) in [6.07, 6.45) is 0.511. The summed E-state index contributed by atoms with van der Waals surface area (Å²) in [4.78, 5) is 31.8. The average molecular weight is 467 g/mol. The predicted octanol–water partition coefficient (Wildman–Crippen LogP) is 4.57. The van der Waals surface area contributed by atoms with Crippen molar-refractivity contribution in [3.8, 4) is 5.88 Å². The van der Waals surface area contributed by atoms with Crippen LogP contribution in [-0.4, -0.2) is 35.5 Å². The molecule has 2 N–H and O–H groups in total. The Bertz CT molecular complexity index is 970. The van der Waals surface area contributed by atoms with Gasteiger partial charge in [0.05, 0.1) is 11.7 Å². The molecule has 0 spiro atoms. The molecule has 3 rings (SSSR count). The van der Waals surface area contributed by atoms with E-state index >= 15 is 0 Å². The molecule has 1 aromatic carbocycles. The van der Waals surface area contributed by atoms with Crippen LogP contribution in [0.5, 0.6) is 5.88 Å². The smallest absolute Gasteiger partial charge is 0.275 e. The minimum Gasteiger partial charge on any atom is -0.460 e. The van der Waals surface area contributed by atoms with Crippen molar-refractivity contribution >= 4 is 53.0 Å². The van der Waals surface area contributed by atoms with Crippen molar-refractivity contribution in [1.82, 2.24) is 10.3 Å². The van der Waals surface area contributed by atoms with E-state index in [-0.39, 0.29) is 42.1 Å². The Morgan fingerprint density at radius 1 is 1.26 bits per heavy atom. The summed E-state index contributed by atoms with van der Waals surface area (Å²) in [5.41, 5.74) is 0.0368. The summed E-state index contributed by atoms with van der Waals surface area (Å²) in [5.74, 6) is 0.462. The molecule has 2 amide bonds. The van der Waals surface area contributed by atoms with Crippen LogP contribution in [0.2, 0.25) is 5.02 Å². The third kappa shape index (κ3) is 5.29. The minimum absolute atomic E-state index is 0. The molecule has 168 valence electrons. The molecule has 0 aliphatic carbocycles. The monoisotopic (exact) mass is 466 g/mol. The summed E-state index contributed by atoms with van der Waals surface area (Å²) >= 11 is 6.18. The van der Waals surface area contributed by atoms with Crippen molar-refractivity contribution in [1.29, 1.82) is 0 Å². The Balaban J connectivity index is 0.00000341. The zero-order chi connectivity index (χ0) is 22.1. The van der Waals surface area contributed by atoms with E-state index < -0.39 is 5.60 Å². The number of halogens is 2. The average Bonchev–Trinajstić information content (AvgIpc) is 2.67. The number of likely N-dealkylation sites (N-methyl/N-ethyl adjacent to an activating group) is 1. The first-order valence-corrected chi connectivity index (χ1v) is 10.3. The number of amides is 2. The maximum absolute atomic E-state index is 13.5. The highest BCUT2D eigenvalue weighted by molar-refractivity contribution is 6.31. The van der Waals surface area contributed by atoms with Gasteiger partial charge in [0, 0.05) is 5.02 Å². The van der Waals surface area contributed by atoms with Gasteiger partial charge >= 0.3 is 0 Å². The van der Waals surface area contributed by atoms with Crippen molar-refractivity contribution in [2.75, 3.05) is 17.3 Å². The Morgan fingerprint density at radius 3 is 2.58 bits per heavy atom. The molecule has 31 heavy (non-hydrogen) atoms. The number of carbonyl (C=O) groups is 2. The fraction of sp³-hybridized carbons (Fsp3) is 0.409. The number of nitrogens with zero attached hydrogens (tertiary/aromatic N) is 2. The molecule has 9 heteroatoms. The Labute approximate surface area is 193 Å². The highest BCUT2D eigenvalue weighted by Gasteiger charge is 2.46. The molecule has 1 aliphatic rings. The molecule has 1 aliphatic heterocycles. The number of rotatable bonds is 6. The quantitative estimate of drug-likeness (QED) is 0.651. The number of ether oxygens (including phenoxy) is 1. The first-order valence-electron chi connectivity index (χ1n) is 9.93. The third-order valence-corrected chi connectivity index (χ3v) is 5.24. The first-order chi connectivity index (χ1) is 14.1. The number of pyridine rings is 1. The third-order valence-electron chi connectivity index (χ3n) is 5.00. The van der Waals surface area contributed by atoms with Gasteiger partial charge in [0.15, 0.2) is 5.60 Å². The predicted molar refractivity (Wildman–Crippen MR) is 126 cm³/mol. The molecule has 2 unspecified atom stereocenters. The lowest BCUT2D eigenvalue weighted by atomic mass is 9.91. The zero-order valence-corrected chi connectivity index (χ0v) is 19.8. The van der Waals surface area contributed by atoms with Crippen molar-refractivity contribution in [2.24, 2.45) is 5.92 Å². The molecule has 0 saturated heterocycles. The van der Waals surface area contributed by atoms with Crippen molar-refractivity contribution < 1.29 is 14.3 Å². The van der Waals surface area contributed by atoms with Crippen LogP contribution in [-0.2, 0) is 9.59 Å². The Morgan fingerprint density at radius 2 is 1.97 bits per heavy atom. The van der Waals surface area contributed by atoms with Gasteiger partial charge in [-0.15, -0.1) is 12.4 Å². The number of fused-ring (bicyclic) bond motifs is 1. The first kappa shape index (κ1) is 24.9. The van der Waals surface area contributed by atoms with E-state index in [4.69, 9.17) is 16.3 Å². The van der Waals surface area contributed by atoms with E-state index in [1.54, 1.807) is 56.1 Å². The molecule has 0 radical (unpaired) electrons. The molecular weight excluding hydrogens is 439 g/mol. The normalized spacial score (nSPS) is 18.7. The van der Waals surface area contributed by atoms with Gasteiger partial charge in [0.2, 0.25) is 11.8 Å². The van der Waals surface area contributed by atoms with E-state index in [1.165, 1.54) is 0 Å². The Hall–Kier alpha value is -2.35. The zero-order valence-electron chi connectivity index (χ0n) is 18.2. The largest absolute Gasteiger partial charge is 0.460 e. The number of hydrogen-bond donors (Lipinski definition) is 2. The van der Waals surface area contributed by atoms with Crippen LogP contribution in [0.25, 0.3) is 0 Å². The van der Waals surface area contributed by atoms with Gasteiger partial charge in [-0.3, -0.25) is 14.5 Å². The standard InChI is InChI=1S/C22H27ClN4O3.ClH/c1-13(2)12-22(4)21(29)27(16-8-6-7-15(23)11-16)17-9-10-18(26-20(17)30-22)25-19(28)14(3)24-5;/h6-11,13-14,24H,12H2,1-5H3,(H,25,26,28);1H. The molecular formula is C22H28Cl2N4O3. The van der Waals surface area contributed by atoms with Crippen LogP contribution in [0.15, 0.2) is 36.4 Å². The number of aromatic nitrogens is 1. The summed E-state index contributed by atoms with van der Waals surface area (Å²) in [7, 11) is 1.71. The van der Waals surface area contributed by atoms with Crippen molar-refractivity contribution in [3.63, 3.8) is 0 Å². The number of anilines is 3. The number of nitrogens with one attached hydrogen (secondary N) is 2. The van der Waals surface area contributed by atoms with E-state index in [1.807, 2.05) is 19.9 Å². The second kappa shape index (κ2) is 9.85. The van der Waals surface area contributed by atoms with Crippen molar-refractivity contribution in [2.45, 2.75) is 45.8 Å². The molecule has 1 aromatic heterocycles. The molecule has 2 heterocycles. The highest BCUT2D eigenvalue weighted by Crippen LogP contribution is 2.43. The van der Waals surface area contributed by atoms with Crippen LogP contribution in [0.3, 0.4) is 0 Å². The second-order valence-corrected chi connectivity index (χ2v) is 8.51. The second-order valence-electron chi connectivity index (χ2n) is 8.07. The fourth-order valence-corrected chi connectivity index (χ4v) is 3.68. The topological polar surface area (TPSA) is 83.6 Å². The van der Waals surface area contributed by atoms with Gasteiger partial charge in [0.1, 0.15) is 11.5 Å². The summed E-state index contributed by atoms with van der Waals surface area (Å²) < 4.78 is 6.13. The van der Waals surface area contributed by atoms with Crippen LogP contribution in [0.4, 0.5) is 17.2 Å². The fourth-order valence-electron chi connectivity index (χ4n) is 3.50. The molecule has 2 atom stereocenters. The van der Waals surface area contributed by atoms with Crippen LogP contribution >= 0.6 is 24.0 Å². The molecule has 0 fully saturated rings. The molecule has 2 aromatic rings. The lowest BCUT2D eigenvalue weighted by Gasteiger charge is -2.40. The number of carbonyl (C=O) groups excluding carboxylic acids is 2. The number of benzene rings is 1. The van der Waals surface area contributed by atoms with E-state index in [0.29, 0.717) is 28.6 Å². The van der Waals surface area contributed by atoms with Gasteiger partial charge in [-0.25, -0.2) is 0 Å². The molecule has 0 bridgehead atoms. The van der Waals surface area contributed by atoms with E-state index in [0.717, 1.165) is 0 Å². The van der Waals surface area contributed by atoms with Gasteiger partial charge in [-0.2, -0.15) is 4.98 Å². The SMILES string of the molecule is CNC(C)C(=O)Nc1ccc2c(n1)OC(C)(CC(C)C)C(=O)N2c1cccc(Cl)c1.Cl. The van der Waals surface area contributed by atoms with Crippen LogP contribution in [0.1, 0.15) is 34.1 Å². The van der Waals surface area contributed by atoms with E-state index in [9.17, 15) is 9.59 Å². The van der Waals surface area contributed by atoms with Gasteiger partial charge in [0.25, 0.3) is 5.91 Å². The maximum atomic E-state index is 13.5. The molecule has 7 nitrogen and oxygen atoms in total. The van der Waals surface area contributed by atoms with Crippen molar-refractivity contribution in [3.05, 3.63) is 41.4 Å². The Kier molecular flexibility index (Phi) is 7.92. The lowest BCUT2D eigenvalue weighted by molar-refractivity contribution is -0.134. The van der Waals surface area contributed by atoms with Crippen LogP contribution < -0.4 is 20.3 Å². The van der Waals surface area contributed by atoms with Gasteiger partial charge < -0.3 is 15.4 Å². The van der Waals surface area contributed by atoms with Crippen LogP contribution in [0, 0.1) is 5.92 Å². The number of hydrogen-bond acceptors (Lipinski definition) is 5. The highest BCUT2D eigenvalue weighted by atomic mass is 35.5. The maximum Gasteiger partial charge on any atom is 0.275 e. The minimum atomic E-state index is -1.10. The summed E-state index contributed by atoms with van der Waals surface area (Å²) in [6, 6.07) is 10.1. The summed E-state index contributed by atoms with van der Waals surface area (Å²) in [6.45, 7) is 7.59. The molecule has 0 saturated carbocycles. The van der Waals surface area contributed by atoms with E-state index in [2.05, 4.69) is 15.6 Å².